The lowest BCUT2D eigenvalue weighted by molar-refractivity contribution is -0.107. The minimum Gasteiger partial charge on any atom is -0.337 e. The molecule has 1 amide bonds. The monoisotopic (exact) mass is 440 g/mol. The molecular weight excluding hydrogens is 412 g/mol. The molecule has 0 bridgehead atoms. The van der Waals surface area contributed by atoms with Gasteiger partial charge in [0.15, 0.2) is 5.69 Å². The van der Waals surface area contributed by atoms with Crippen LogP contribution >= 0.6 is 0 Å². The smallest absolute Gasteiger partial charge is 0.337 e. The molecule has 170 valence electrons. The highest BCUT2D eigenvalue weighted by molar-refractivity contribution is 5.94. The van der Waals surface area contributed by atoms with E-state index in [4.69, 9.17) is 0 Å². The van der Waals surface area contributed by atoms with Crippen LogP contribution in [0.5, 0.6) is 0 Å². The molecule has 1 aromatic heterocycles. The first-order valence-electron chi connectivity index (χ1n) is 10.9. The molecule has 0 saturated carbocycles. The molecule has 4 rings (SSSR count). The van der Waals surface area contributed by atoms with Gasteiger partial charge in [-0.1, -0.05) is 19.9 Å². The standard InChI is InChI=1S/C22H28F4N4O/c1-3-29-9-8-15-17(12-29)27-28-20(15)21(31)30-10-6-14(7-11-30)18-13(2)4-5-16(23)19(18)22(24,25)26/h4-5,13-14,18H,3,6-12H2,1-2H3,(H,27,28). The van der Waals surface area contributed by atoms with Gasteiger partial charge in [-0.3, -0.25) is 14.8 Å². The van der Waals surface area contributed by atoms with Gasteiger partial charge in [0.05, 0.1) is 11.3 Å². The number of piperidine rings is 1. The van der Waals surface area contributed by atoms with Crippen molar-refractivity contribution in [1.29, 1.82) is 0 Å². The second kappa shape index (κ2) is 8.41. The van der Waals surface area contributed by atoms with Crippen LogP contribution in [-0.2, 0) is 13.0 Å². The Bertz CT molecular complexity index is 896. The van der Waals surface area contributed by atoms with Crippen LogP contribution in [0.15, 0.2) is 23.6 Å². The molecule has 2 atom stereocenters. The van der Waals surface area contributed by atoms with Crippen LogP contribution in [0.2, 0.25) is 0 Å². The van der Waals surface area contributed by atoms with E-state index in [-0.39, 0.29) is 11.8 Å². The SMILES string of the molecule is CCN1CCc2c(C(=O)N3CCC(C4C(C(F)(F)F)=C(F)C=CC4C)CC3)n[nH]c2C1. The molecule has 3 heterocycles. The zero-order chi connectivity index (χ0) is 22.3. The van der Waals surface area contributed by atoms with Gasteiger partial charge in [0.2, 0.25) is 0 Å². The van der Waals surface area contributed by atoms with Gasteiger partial charge in [-0.25, -0.2) is 4.39 Å². The van der Waals surface area contributed by atoms with Crippen LogP contribution in [0, 0.1) is 17.8 Å². The number of allylic oxidation sites excluding steroid dienone is 4. The Labute approximate surface area is 179 Å². The van der Waals surface area contributed by atoms with Crippen molar-refractivity contribution in [3.8, 4) is 0 Å². The predicted octanol–water partition coefficient (Wildman–Crippen LogP) is 4.25. The lowest BCUT2D eigenvalue weighted by Crippen LogP contribution is -2.43. The van der Waals surface area contributed by atoms with Crippen LogP contribution in [0.1, 0.15) is 48.4 Å². The fourth-order valence-electron chi connectivity index (χ4n) is 5.29. The molecule has 0 aromatic carbocycles. The molecule has 2 unspecified atom stereocenters. The maximum atomic E-state index is 14.1. The average Bonchev–Trinajstić information content (AvgIpc) is 3.17. The maximum Gasteiger partial charge on any atom is 0.415 e. The summed E-state index contributed by atoms with van der Waals surface area (Å²) in [6.07, 6.45) is -0.663. The van der Waals surface area contributed by atoms with Crippen LogP contribution in [0.25, 0.3) is 0 Å². The highest BCUT2D eigenvalue weighted by Crippen LogP contribution is 2.47. The molecular formula is C22H28F4N4O. The molecule has 3 aliphatic rings. The van der Waals surface area contributed by atoms with Crippen LogP contribution in [0.3, 0.4) is 0 Å². The van der Waals surface area contributed by atoms with Crippen molar-refractivity contribution >= 4 is 5.91 Å². The first-order chi connectivity index (χ1) is 14.7. The van der Waals surface area contributed by atoms with E-state index in [0.29, 0.717) is 31.6 Å². The first-order valence-corrected chi connectivity index (χ1v) is 10.9. The first kappa shape index (κ1) is 22.0. The van der Waals surface area contributed by atoms with E-state index in [0.717, 1.165) is 43.4 Å². The number of H-pyrrole nitrogens is 1. The zero-order valence-electron chi connectivity index (χ0n) is 17.8. The van der Waals surface area contributed by atoms with E-state index >= 15 is 0 Å². The van der Waals surface area contributed by atoms with Crippen molar-refractivity contribution in [2.45, 2.75) is 45.8 Å². The highest BCUT2D eigenvalue weighted by atomic mass is 19.4. The molecule has 1 fully saturated rings. The number of hydrogen-bond acceptors (Lipinski definition) is 3. The number of aromatic nitrogens is 2. The van der Waals surface area contributed by atoms with E-state index in [1.165, 1.54) is 6.08 Å². The number of amides is 1. The zero-order valence-corrected chi connectivity index (χ0v) is 17.8. The quantitative estimate of drug-likeness (QED) is 0.715. The van der Waals surface area contributed by atoms with Crippen LogP contribution in [-0.4, -0.2) is 58.3 Å². The third-order valence-corrected chi connectivity index (χ3v) is 7.01. The normalized spacial score (nSPS) is 25.8. The fourth-order valence-corrected chi connectivity index (χ4v) is 5.29. The molecule has 1 N–H and O–H groups in total. The lowest BCUT2D eigenvalue weighted by Gasteiger charge is -2.40. The Kier molecular flexibility index (Phi) is 5.98. The number of carbonyl (C=O) groups excluding carboxylic acids is 1. The Hall–Kier alpha value is -2.16. The van der Waals surface area contributed by atoms with Crippen LogP contribution < -0.4 is 0 Å². The second-order valence-corrected chi connectivity index (χ2v) is 8.78. The van der Waals surface area contributed by atoms with Gasteiger partial charge < -0.3 is 4.90 Å². The Morgan fingerprint density at radius 3 is 2.61 bits per heavy atom. The number of aromatic amines is 1. The van der Waals surface area contributed by atoms with Gasteiger partial charge in [-0.15, -0.1) is 0 Å². The maximum absolute atomic E-state index is 14.1. The fraction of sp³-hybridized carbons (Fsp3) is 0.636. The van der Waals surface area contributed by atoms with Gasteiger partial charge in [0, 0.05) is 37.7 Å². The topological polar surface area (TPSA) is 52.2 Å². The average molecular weight is 440 g/mol. The minimum atomic E-state index is -4.69. The van der Waals surface area contributed by atoms with E-state index in [9.17, 15) is 22.4 Å². The number of carbonyl (C=O) groups is 1. The third kappa shape index (κ3) is 4.16. The van der Waals surface area contributed by atoms with E-state index < -0.39 is 29.4 Å². The lowest BCUT2D eigenvalue weighted by atomic mass is 9.71. The third-order valence-electron chi connectivity index (χ3n) is 7.01. The van der Waals surface area contributed by atoms with E-state index in [1.54, 1.807) is 11.8 Å². The van der Waals surface area contributed by atoms with Gasteiger partial charge >= 0.3 is 6.18 Å². The van der Waals surface area contributed by atoms with Crippen molar-refractivity contribution in [3.05, 3.63) is 40.5 Å². The summed E-state index contributed by atoms with van der Waals surface area (Å²) in [6.45, 7) is 7.03. The summed E-state index contributed by atoms with van der Waals surface area (Å²) in [5.41, 5.74) is 1.30. The van der Waals surface area contributed by atoms with Crippen molar-refractivity contribution in [1.82, 2.24) is 20.0 Å². The number of hydrogen-bond donors (Lipinski definition) is 1. The molecule has 1 aromatic rings. The number of likely N-dealkylation sites (tertiary alicyclic amines) is 1. The number of nitrogens with zero attached hydrogens (tertiary/aromatic N) is 3. The van der Waals surface area contributed by atoms with Crippen molar-refractivity contribution in [3.63, 3.8) is 0 Å². The summed E-state index contributed by atoms with van der Waals surface area (Å²) < 4.78 is 54.8. The van der Waals surface area contributed by atoms with Gasteiger partial charge in [-0.2, -0.15) is 18.3 Å². The summed E-state index contributed by atoms with van der Waals surface area (Å²) in [5.74, 6) is -2.99. The largest absolute Gasteiger partial charge is 0.415 e. The Morgan fingerprint density at radius 1 is 1.26 bits per heavy atom. The highest BCUT2D eigenvalue weighted by Gasteiger charge is 2.47. The molecule has 2 aliphatic heterocycles. The Morgan fingerprint density at radius 2 is 1.97 bits per heavy atom. The molecule has 1 saturated heterocycles. The van der Waals surface area contributed by atoms with Gasteiger partial charge in [0.25, 0.3) is 5.91 Å². The van der Waals surface area contributed by atoms with E-state index in [1.807, 2.05) is 0 Å². The Balaban J connectivity index is 1.45. The van der Waals surface area contributed by atoms with Crippen molar-refractivity contribution < 1.29 is 22.4 Å². The van der Waals surface area contributed by atoms with Crippen LogP contribution in [0.4, 0.5) is 17.6 Å². The summed E-state index contributed by atoms with van der Waals surface area (Å²) in [4.78, 5) is 17.0. The summed E-state index contributed by atoms with van der Waals surface area (Å²) >= 11 is 0. The molecule has 0 spiro atoms. The van der Waals surface area contributed by atoms with Gasteiger partial charge in [-0.05, 0) is 43.7 Å². The predicted molar refractivity (Wildman–Crippen MR) is 108 cm³/mol. The van der Waals surface area contributed by atoms with Crippen molar-refractivity contribution in [2.24, 2.45) is 17.8 Å². The number of rotatable bonds is 3. The summed E-state index contributed by atoms with van der Waals surface area (Å²) in [5, 5.41) is 7.24. The number of nitrogens with one attached hydrogen (secondary N) is 1. The summed E-state index contributed by atoms with van der Waals surface area (Å²) in [7, 11) is 0. The number of alkyl halides is 3. The van der Waals surface area contributed by atoms with Gasteiger partial charge in [0.1, 0.15) is 5.83 Å². The molecule has 31 heavy (non-hydrogen) atoms. The number of fused-ring (bicyclic) bond motifs is 1. The van der Waals surface area contributed by atoms with Crippen molar-refractivity contribution in [2.75, 3.05) is 26.2 Å². The molecule has 9 heteroatoms. The second-order valence-electron chi connectivity index (χ2n) is 8.78. The number of halogens is 4. The van der Waals surface area contributed by atoms with E-state index in [2.05, 4.69) is 22.0 Å². The molecule has 5 nitrogen and oxygen atoms in total. The number of likely N-dealkylation sites (N-methyl/N-ethyl adjacent to an activating group) is 1. The molecule has 0 radical (unpaired) electrons. The summed E-state index contributed by atoms with van der Waals surface area (Å²) in [6, 6.07) is 0. The minimum absolute atomic E-state index is 0.171. The molecule has 1 aliphatic carbocycles.